The Bertz CT molecular complexity index is 466. The van der Waals surface area contributed by atoms with Gasteiger partial charge < -0.3 is 15.7 Å². The molecule has 1 aliphatic rings. The third-order valence-electron chi connectivity index (χ3n) is 3.15. The highest BCUT2D eigenvalue weighted by Gasteiger charge is 2.29. The molecule has 1 unspecified atom stereocenters. The van der Waals surface area contributed by atoms with Crippen molar-refractivity contribution in [2.75, 3.05) is 10.6 Å². The first kappa shape index (κ1) is 13.4. The van der Waals surface area contributed by atoms with E-state index in [9.17, 15) is 9.59 Å². The minimum Gasteiger partial charge on any atom is -0.480 e. The van der Waals surface area contributed by atoms with E-state index in [1.807, 2.05) is 6.92 Å². The zero-order chi connectivity index (χ0) is 13.8. The molecule has 1 aliphatic carbocycles. The molecule has 2 rings (SSSR count). The second-order valence-electron chi connectivity index (χ2n) is 4.78. The van der Waals surface area contributed by atoms with E-state index in [1.165, 1.54) is 0 Å². The molecule has 1 saturated carbocycles. The molecule has 1 fully saturated rings. The number of carbonyl (C=O) groups is 2. The minimum absolute atomic E-state index is 0.0673. The fourth-order valence-electron chi connectivity index (χ4n) is 1.78. The summed E-state index contributed by atoms with van der Waals surface area (Å²) in [6.45, 7) is 1.82. The predicted octanol–water partition coefficient (Wildman–Crippen LogP) is 2.31. The van der Waals surface area contributed by atoms with Crippen molar-refractivity contribution in [3.05, 3.63) is 24.3 Å². The van der Waals surface area contributed by atoms with Crippen molar-refractivity contribution in [2.45, 2.75) is 32.2 Å². The molecule has 0 saturated heterocycles. The second kappa shape index (κ2) is 5.73. The van der Waals surface area contributed by atoms with Crippen molar-refractivity contribution in [1.82, 2.24) is 0 Å². The number of benzene rings is 1. The Balaban J connectivity index is 1.93. The second-order valence-corrected chi connectivity index (χ2v) is 4.78. The summed E-state index contributed by atoms with van der Waals surface area (Å²) in [5.41, 5.74) is 1.48. The molecule has 1 atom stereocenters. The highest BCUT2D eigenvalue weighted by molar-refractivity contribution is 5.94. The van der Waals surface area contributed by atoms with Crippen LogP contribution in [0.2, 0.25) is 0 Å². The maximum atomic E-state index is 11.6. The van der Waals surface area contributed by atoms with Gasteiger partial charge in [0.1, 0.15) is 6.04 Å². The van der Waals surface area contributed by atoms with Crippen LogP contribution < -0.4 is 10.6 Å². The van der Waals surface area contributed by atoms with Gasteiger partial charge in [-0.25, -0.2) is 4.79 Å². The van der Waals surface area contributed by atoms with Crippen LogP contribution in [0.15, 0.2) is 24.3 Å². The molecule has 102 valence electrons. The average molecular weight is 262 g/mol. The molecule has 0 aliphatic heterocycles. The maximum Gasteiger partial charge on any atom is 0.326 e. The highest BCUT2D eigenvalue weighted by atomic mass is 16.4. The Morgan fingerprint density at radius 1 is 1.26 bits per heavy atom. The van der Waals surface area contributed by atoms with Gasteiger partial charge in [-0.05, 0) is 43.5 Å². The number of nitrogens with one attached hydrogen (secondary N) is 2. The van der Waals surface area contributed by atoms with Gasteiger partial charge in [0.2, 0.25) is 5.91 Å². The lowest BCUT2D eigenvalue weighted by atomic mass is 10.2. The van der Waals surface area contributed by atoms with Crippen LogP contribution in [-0.2, 0) is 9.59 Å². The number of rotatable bonds is 6. The Kier molecular flexibility index (Phi) is 4.04. The fraction of sp³-hybridized carbons (Fsp3) is 0.429. The summed E-state index contributed by atoms with van der Waals surface area (Å²) in [7, 11) is 0. The highest BCUT2D eigenvalue weighted by Crippen LogP contribution is 2.30. The lowest BCUT2D eigenvalue weighted by Gasteiger charge is -2.14. The topological polar surface area (TPSA) is 78.4 Å². The molecule has 5 nitrogen and oxygen atoms in total. The van der Waals surface area contributed by atoms with Gasteiger partial charge >= 0.3 is 5.97 Å². The van der Waals surface area contributed by atoms with Crippen molar-refractivity contribution in [2.24, 2.45) is 5.92 Å². The summed E-state index contributed by atoms with van der Waals surface area (Å²) in [6.07, 6.45) is 2.46. The number of anilines is 2. The van der Waals surface area contributed by atoms with Crippen LogP contribution in [0.1, 0.15) is 26.2 Å². The summed E-state index contributed by atoms with van der Waals surface area (Å²) in [4.78, 5) is 22.5. The van der Waals surface area contributed by atoms with E-state index in [1.54, 1.807) is 24.3 Å². The minimum atomic E-state index is -0.867. The third-order valence-corrected chi connectivity index (χ3v) is 3.15. The van der Waals surface area contributed by atoms with Crippen molar-refractivity contribution in [3.63, 3.8) is 0 Å². The van der Waals surface area contributed by atoms with E-state index in [-0.39, 0.29) is 11.8 Å². The van der Waals surface area contributed by atoms with Crippen LogP contribution in [0, 0.1) is 5.92 Å². The third kappa shape index (κ3) is 3.71. The van der Waals surface area contributed by atoms with Gasteiger partial charge in [-0.1, -0.05) is 6.92 Å². The van der Waals surface area contributed by atoms with Crippen LogP contribution in [0.4, 0.5) is 11.4 Å². The number of carboxylic acid groups (broad SMARTS) is 1. The monoisotopic (exact) mass is 262 g/mol. The molecule has 19 heavy (non-hydrogen) atoms. The number of hydrogen-bond acceptors (Lipinski definition) is 3. The van der Waals surface area contributed by atoms with Crippen LogP contribution in [0.5, 0.6) is 0 Å². The number of aliphatic carboxylic acids is 1. The average Bonchev–Trinajstić information content (AvgIpc) is 3.21. The van der Waals surface area contributed by atoms with E-state index in [4.69, 9.17) is 5.11 Å². The smallest absolute Gasteiger partial charge is 0.326 e. The van der Waals surface area contributed by atoms with Crippen LogP contribution in [0.25, 0.3) is 0 Å². The molecule has 1 aromatic carbocycles. The number of carboxylic acids is 1. The Morgan fingerprint density at radius 3 is 2.32 bits per heavy atom. The first-order valence-corrected chi connectivity index (χ1v) is 6.50. The van der Waals surface area contributed by atoms with Gasteiger partial charge in [-0.15, -0.1) is 0 Å². The summed E-state index contributed by atoms with van der Waals surface area (Å²) < 4.78 is 0. The van der Waals surface area contributed by atoms with E-state index in [0.717, 1.165) is 24.2 Å². The van der Waals surface area contributed by atoms with Gasteiger partial charge in [-0.3, -0.25) is 4.79 Å². The number of amides is 1. The normalized spacial score (nSPS) is 15.6. The van der Waals surface area contributed by atoms with Gasteiger partial charge in [0.25, 0.3) is 0 Å². The molecule has 0 aromatic heterocycles. The molecular weight excluding hydrogens is 244 g/mol. The van der Waals surface area contributed by atoms with E-state index >= 15 is 0 Å². The Hall–Kier alpha value is -2.04. The first-order valence-electron chi connectivity index (χ1n) is 6.50. The number of carbonyl (C=O) groups excluding carboxylic acids is 1. The lowest BCUT2D eigenvalue weighted by molar-refractivity contribution is -0.138. The van der Waals surface area contributed by atoms with Crippen LogP contribution in [0.3, 0.4) is 0 Å². The van der Waals surface area contributed by atoms with E-state index in [2.05, 4.69) is 10.6 Å². The number of hydrogen-bond donors (Lipinski definition) is 3. The SMILES string of the molecule is CCC(Nc1ccc(NC(=O)C2CC2)cc1)C(=O)O. The molecular formula is C14H18N2O3. The van der Waals surface area contributed by atoms with Crippen LogP contribution in [-0.4, -0.2) is 23.0 Å². The van der Waals surface area contributed by atoms with Crippen LogP contribution >= 0.6 is 0 Å². The summed E-state index contributed by atoms with van der Waals surface area (Å²) in [5, 5.41) is 14.7. The maximum absolute atomic E-state index is 11.6. The molecule has 5 heteroatoms. The largest absolute Gasteiger partial charge is 0.480 e. The first-order chi connectivity index (χ1) is 9.10. The summed E-state index contributed by atoms with van der Waals surface area (Å²) in [5.74, 6) is -0.624. The van der Waals surface area contributed by atoms with Crippen molar-refractivity contribution in [3.8, 4) is 0 Å². The molecule has 3 N–H and O–H groups in total. The Morgan fingerprint density at radius 2 is 1.84 bits per heavy atom. The van der Waals surface area contributed by atoms with Crippen molar-refractivity contribution in [1.29, 1.82) is 0 Å². The molecule has 0 radical (unpaired) electrons. The Labute approximate surface area is 112 Å². The van der Waals surface area contributed by atoms with Gasteiger partial charge in [0.15, 0.2) is 0 Å². The standard InChI is InChI=1S/C14H18N2O3/c1-2-12(14(18)19)15-10-5-7-11(8-6-10)16-13(17)9-3-4-9/h5-9,12,15H,2-4H2,1H3,(H,16,17)(H,18,19). The summed E-state index contributed by atoms with van der Waals surface area (Å²) >= 11 is 0. The zero-order valence-corrected chi connectivity index (χ0v) is 10.8. The van der Waals surface area contributed by atoms with E-state index < -0.39 is 12.0 Å². The van der Waals surface area contributed by atoms with Gasteiger partial charge in [-0.2, -0.15) is 0 Å². The quantitative estimate of drug-likeness (QED) is 0.735. The zero-order valence-electron chi connectivity index (χ0n) is 10.8. The molecule has 1 amide bonds. The summed E-state index contributed by atoms with van der Waals surface area (Å²) in [6, 6.07) is 6.50. The molecule has 0 bridgehead atoms. The van der Waals surface area contributed by atoms with Gasteiger partial charge in [0.05, 0.1) is 0 Å². The van der Waals surface area contributed by atoms with Crippen molar-refractivity contribution < 1.29 is 14.7 Å². The van der Waals surface area contributed by atoms with Gasteiger partial charge in [0, 0.05) is 17.3 Å². The van der Waals surface area contributed by atoms with Crippen molar-refractivity contribution >= 4 is 23.3 Å². The van der Waals surface area contributed by atoms with E-state index in [0.29, 0.717) is 6.42 Å². The lowest BCUT2D eigenvalue weighted by Crippen LogP contribution is -2.28. The molecule has 0 heterocycles. The fourth-order valence-corrected chi connectivity index (χ4v) is 1.78. The predicted molar refractivity (Wildman–Crippen MR) is 73.1 cm³/mol. The molecule has 0 spiro atoms. The molecule has 1 aromatic rings.